The number of hydrogen-bond acceptors (Lipinski definition) is 0. The van der Waals surface area contributed by atoms with E-state index in [0.29, 0.717) is 5.92 Å². The van der Waals surface area contributed by atoms with Gasteiger partial charge in [-0.1, -0.05) is 117 Å². The van der Waals surface area contributed by atoms with Gasteiger partial charge in [-0.3, -0.25) is 0 Å². The Morgan fingerprint density at radius 3 is 1.09 bits per heavy atom. The van der Waals surface area contributed by atoms with Crippen molar-refractivity contribution in [3.63, 3.8) is 0 Å². The van der Waals surface area contributed by atoms with Crippen LogP contribution in [0.2, 0.25) is 0 Å². The molecule has 0 radical (unpaired) electrons. The summed E-state index contributed by atoms with van der Waals surface area (Å²) in [5.41, 5.74) is 4.07. The van der Waals surface area contributed by atoms with Crippen LogP contribution in [0.1, 0.15) is 43.4 Å². The Labute approximate surface area is 141 Å². The molecule has 0 N–H and O–H groups in total. The van der Waals surface area contributed by atoms with Crippen molar-refractivity contribution in [1.82, 2.24) is 0 Å². The van der Waals surface area contributed by atoms with Crippen LogP contribution in [0.4, 0.5) is 0 Å². The fourth-order valence-electron chi connectivity index (χ4n) is 2.21. The second-order valence-corrected chi connectivity index (χ2v) is 5.20. The van der Waals surface area contributed by atoms with Crippen molar-refractivity contribution in [1.29, 1.82) is 0 Å². The average molecular weight is 304 g/mol. The van der Waals surface area contributed by atoms with Crippen molar-refractivity contribution in [3.8, 4) is 0 Å². The minimum atomic E-state index is 0.484. The number of aryl methyl sites for hydroxylation is 1. The van der Waals surface area contributed by atoms with E-state index in [1.807, 2.05) is 32.0 Å². The Morgan fingerprint density at radius 1 is 0.522 bits per heavy atom. The molecule has 0 amide bonds. The molecule has 0 nitrogen and oxygen atoms in total. The van der Waals surface area contributed by atoms with Gasteiger partial charge >= 0.3 is 0 Å². The molecule has 0 heteroatoms. The van der Waals surface area contributed by atoms with E-state index in [9.17, 15) is 0 Å². The lowest BCUT2D eigenvalue weighted by Crippen LogP contribution is -1.94. The summed E-state index contributed by atoms with van der Waals surface area (Å²) in [5.74, 6) is 0.484. The van der Waals surface area contributed by atoms with Crippen molar-refractivity contribution in [2.45, 2.75) is 33.6 Å². The lowest BCUT2D eigenvalue weighted by Gasteiger charge is -2.11. The van der Waals surface area contributed by atoms with Crippen molar-refractivity contribution in [3.05, 3.63) is 108 Å². The topological polar surface area (TPSA) is 0 Å². The van der Waals surface area contributed by atoms with Gasteiger partial charge in [0.05, 0.1) is 0 Å². The molecule has 0 saturated heterocycles. The zero-order valence-electron chi connectivity index (χ0n) is 14.7. The molecular weight excluding hydrogens is 276 g/mol. The van der Waals surface area contributed by atoms with Gasteiger partial charge in [0.1, 0.15) is 0 Å². The van der Waals surface area contributed by atoms with Gasteiger partial charge in [-0.15, -0.1) is 0 Å². The van der Waals surface area contributed by atoms with Gasteiger partial charge in [0, 0.05) is 5.92 Å². The van der Waals surface area contributed by atoms with Crippen molar-refractivity contribution >= 4 is 0 Å². The molecule has 0 unspecified atom stereocenters. The number of benzene rings is 3. The Morgan fingerprint density at radius 2 is 0.826 bits per heavy atom. The van der Waals surface area contributed by atoms with Crippen LogP contribution in [0.25, 0.3) is 0 Å². The zero-order valence-corrected chi connectivity index (χ0v) is 14.7. The highest BCUT2D eigenvalue weighted by atomic mass is 14.1. The zero-order chi connectivity index (χ0) is 16.9. The van der Waals surface area contributed by atoms with Crippen LogP contribution in [0, 0.1) is 6.92 Å². The Hall–Kier alpha value is -2.34. The first kappa shape index (κ1) is 18.7. The maximum Gasteiger partial charge on any atom is 0.00610 e. The van der Waals surface area contributed by atoms with Crippen LogP contribution < -0.4 is 0 Å². The highest BCUT2D eigenvalue weighted by Crippen LogP contribution is 2.22. The van der Waals surface area contributed by atoms with E-state index in [0.717, 1.165) is 0 Å². The molecule has 3 rings (SSSR count). The average Bonchev–Trinajstić information content (AvgIpc) is 2.65. The summed E-state index contributed by atoms with van der Waals surface area (Å²) in [4.78, 5) is 0. The van der Waals surface area contributed by atoms with E-state index in [2.05, 4.69) is 86.6 Å². The normalized spacial score (nSPS) is 9.26. The van der Waals surface area contributed by atoms with Gasteiger partial charge < -0.3 is 0 Å². The maximum absolute atomic E-state index is 2.24. The Kier molecular flexibility index (Phi) is 9.16. The van der Waals surface area contributed by atoms with E-state index in [1.54, 1.807) is 0 Å². The van der Waals surface area contributed by atoms with Crippen LogP contribution >= 0.6 is 0 Å². The molecule has 0 aliphatic heterocycles. The molecule has 23 heavy (non-hydrogen) atoms. The van der Waals surface area contributed by atoms with E-state index in [4.69, 9.17) is 0 Å². The molecule has 0 aliphatic rings. The van der Waals surface area contributed by atoms with Gasteiger partial charge in [0.25, 0.3) is 0 Å². The minimum absolute atomic E-state index is 0.484. The van der Waals surface area contributed by atoms with Crippen molar-refractivity contribution in [2.24, 2.45) is 0 Å². The molecule has 0 bridgehead atoms. The quantitative estimate of drug-likeness (QED) is 0.485. The van der Waals surface area contributed by atoms with E-state index >= 15 is 0 Å². The van der Waals surface area contributed by atoms with E-state index in [-0.39, 0.29) is 0 Å². The lowest BCUT2D eigenvalue weighted by atomic mass is 9.93. The first-order chi connectivity index (χ1) is 11.3. The second kappa shape index (κ2) is 11.3. The van der Waals surface area contributed by atoms with E-state index in [1.165, 1.54) is 16.7 Å². The standard InChI is InChI=1S/C14H14.C7H8.C2H6/c1-12(13-8-4-2-5-9-13)14-10-6-3-7-11-14;1-7-5-3-2-4-6-7;1-2/h2-12H,1H3;2-6H,1H3;1-2H3. The summed E-state index contributed by atoms with van der Waals surface area (Å²) in [7, 11) is 0. The van der Waals surface area contributed by atoms with Crippen molar-refractivity contribution in [2.75, 3.05) is 0 Å². The van der Waals surface area contributed by atoms with Gasteiger partial charge in [0.15, 0.2) is 0 Å². The van der Waals surface area contributed by atoms with Crippen LogP contribution in [0.5, 0.6) is 0 Å². The summed E-state index contributed by atoms with van der Waals surface area (Å²) in [6, 6.07) is 31.5. The number of hydrogen-bond donors (Lipinski definition) is 0. The first-order valence-corrected chi connectivity index (χ1v) is 8.39. The molecule has 0 heterocycles. The highest BCUT2D eigenvalue weighted by molar-refractivity contribution is 5.31. The third-order valence-corrected chi connectivity index (χ3v) is 3.54. The molecular formula is C23H28. The third-order valence-electron chi connectivity index (χ3n) is 3.54. The molecule has 0 fully saturated rings. The van der Waals surface area contributed by atoms with Crippen molar-refractivity contribution < 1.29 is 0 Å². The van der Waals surface area contributed by atoms with Gasteiger partial charge in [-0.2, -0.15) is 0 Å². The first-order valence-electron chi connectivity index (χ1n) is 8.39. The smallest absolute Gasteiger partial charge is 0.00610 e. The summed E-state index contributed by atoms with van der Waals surface area (Å²) < 4.78 is 0. The van der Waals surface area contributed by atoms with Gasteiger partial charge in [0.2, 0.25) is 0 Å². The Bertz CT molecular complexity index is 572. The third kappa shape index (κ3) is 6.97. The largest absolute Gasteiger partial charge is 0.0683 e. The SMILES string of the molecule is CC.CC(c1ccccc1)c1ccccc1.Cc1ccccc1. The van der Waals surface area contributed by atoms with Crippen LogP contribution in [0.3, 0.4) is 0 Å². The van der Waals surface area contributed by atoms with Crippen LogP contribution in [-0.4, -0.2) is 0 Å². The van der Waals surface area contributed by atoms with E-state index < -0.39 is 0 Å². The summed E-state index contributed by atoms with van der Waals surface area (Å²) in [6.45, 7) is 8.32. The summed E-state index contributed by atoms with van der Waals surface area (Å²) in [6.07, 6.45) is 0. The fourth-order valence-corrected chi connectivity index (χ4v) is 2.21. The van der Waals surface area contributed by atoms with Crippen LogP contribution in [0.15, 0.2) is 91.0 Å². The molecule has 0 spiro atoms. The maximum atomic E-state index is 2.24. The molecule has 0 saturated carbocycles. The highest BCUT2D eigenvalue weighted by Gasteiger charge is 2.05. The number of rotatable bonds is 2. The molecule has 0 aromatic heterocycles. The molecule has 0 aliphatic carbocycles. The summed E-state index contributed by atoms with van der Waals surface area (Å²) in [5, 5.41) is 0. The van der Waals surface area contributed by atoms with Gasteiger partial charge in [-0.05, 0) is 18.1 Å². The van der Waals surface area contributed by atoms with Crippen LogP contribution in [-0.2, 0) is 0 Å². The summed E-state index contributed by atoms with van der Waals surface area (Å²) >= 11 is 0. The molecule has 120 valence electrons. The molecule has 3 aromatic carbocycles. The predicted octanol–water partition coefficient (Wildman–Crippen LogP) is 6.86. The monoisotopic (exact) mass is 304 g/mol. The minimum Gasteiger partial charge on any atom is -0.0683 e. The lowest BCUT2D eigenvalue weighted by molar-refractivity contribution is 0.922. The predicted molar refractivity (Wildman–Crippen MR) is 103 cm³/mol. The Balaban J connectivity index is 0.000000247. The fraction of sp³-hybridized carbons (Fsp3) is 0.217. The molecule has 3 aromatic rings. The molecule has 0 atom stereocenters. The van der Waals surface area contributed by atoms with Gasteiger partial charge in [-0.25, -0.2) is 0 Å². The second-order valence-electron chi connectivity index (χ2n) is 5.20.